The molecule has 1 N–H and O–H groups in total. The van der Waals surface area contributed by atoms with Crippen LogP contribution in [0.15, 0.2) is 59.4 Å². The summed E-state index contributed by atoms with van der Waals surface area (Å²) in [6.07, 6.45) is -10.1. The third-order valence-corrected chi connectivity index (χ3v) is 4.72. The molecule has 4 aromatic rings. The van der Waals surface area contributed by atoms with Crippen molar-refractivity contribution in [3.05, 3.63) is 86.2 Å². The Balaban J connectivity index is 1.84. The minimum atomic E-state index is -5.05. The van der Waals surface area contributed by atoms with E-state index in [1.807, 2.05) is 0 Å². The maximum absolute atomic E-state index is 13.2. The number of nitro groups is 1. The van der Waals surface area contributed by atoms with Crippen molar-refractivity contribution in [2.45, 2.75) is 12.4 Å². The Hall–Kier alpha value is -4.16. The second kappa shape index (κ2) is 7.46. The molecule has 2 aromatic carbocycles. The third-order valence-electron chi connectivity index (χ3n) is 4.72. The summed E-state index contributed by atoms with van der Waals surface area (Å²) in [5.74, 6) is 0. The van der Waals surface area contributed by atoms with Gasteiger partial charge in [0.05, 0.1) is 27.4 Å². The molecule has 4 rings (SSSR count). The number of aromatic nitrogens is 3. The molecule has 0 aliphatic rings. The van der Waals surface area contributed by atoms with E-state index >= 15 is 0 Å². The molecular formula is C20H10F6N4O3. The van der Waals surface area contributed by atoms with Crippen molar-refractivity contribution in [1.29, 1.82) is 0 Å². The molecule has 0 fully saturated rings. The number of nitrogens with zero attached hydrogens (tertiary/aromatic N) is 3. The maximum atomic E-state index is 13.2. The highest BCUT2D eigenvalue weighted by Gasteiger charge is 2.37. The van der Waals surface area contributed by atoms with Crippen molar-refractivity contribution in [1.82, 2.24) is 14.6 Å². The largest absolute Gasteiger partial charge is 0.416 e. The van der Waals surface area contributed by atoms with E-state index in [1.165, 1.54) is 30.3 Å². The lowest BCUT2D eigenvalue weighted by molar-refractivity contribution is -0.384. The first-order valence-corrected chi connectivity index (χ1v) is 9.00. The van der Waals surface area contributed by atoms with E-state index in [-0.39, 0.29) is 23.1 Å². The average Bonchev–Trinajstić information content (AvgIpc) is 3.17. The second-order valence-electron chi connectivity index (χ2n) is 6.94. The molecule has 0 aliphatic heterocycles. The Morgan fingerprint density at radius 3 is 1.94 bits per heavy atom. The molecule has 2 heterocycles. The van der Waals surface area contributed by atoms with Crippen molar-refractivity contribution >= 4 is 11.3 Å². The fourth-order valence-corrected chi connectivity index (χ4v) is 3.15. The van der Waals surface area contributed by atoms with Gasteiger partial charge in [-0.05, 0) is 30.3 Å². The molecular weight excluding hydrogens is 458 g/mol. The number of aromatic amines is 1. The lowest BCUT2D eigenvalue weighted by Gasteiger charge is -2.14. The van der Waals surface area contributed by atoms with Crippen molar-refractivity contribution in [2.24, 2.45) is 0 Å². The molecule has 0 saturated carbocycles. The predicted molar refractivity (Wildman–Crippen MR) is 103 cm³/mol. The van der Waals surface area contributed by atoms with Gasteiger partial charge in [0.2, 0.25) is 0 Å². The van der Waals surface area contributed by atoms with Gasteiger partial charge in [0.1, 0.15) is 0 Å². The first-order valence-electron chi connectivity index (χ1n) is 9.00. The van der Waals surface area contributed by atoms with Gasteiger partial charge in [0.15, 0.2) is 5.65 Å². The first kappa shape index (κ1) is 22.0. The van der Waals surface area contributed by atoms with Crippen LogP contribution in [0.2, 0.25) is 0 Å². The van der Waals surface area contributed by atoms with Gasteiger partial charge in [-0.2, -0.15) is 26.3 Å². The zero-order chi connectivity index (χ0) is 24.1. The van der Waals surface area contributed by atoms with Crippen molar-refractivity contribution < 1.29 is 31.3 Å². The average molecular weight is 468 g/mol. The van der Waals surface area contributed by atoms with Crippen molar-refractivity contribution in [3.63, 3.8) is 0 Å². The zero-order valence-electron chi connectivity index (χ0n) is 16.0. The number of nitro benzene ring substituents is 1. The summed E-state index contributed by atoms with van der Waals surface area (Å²) in [4.78, 5) is 26.7. The topological polar surface area (TPSA) is 93.3 Å². The summed E-state index contributed by atoms with van der Waals surface area (Å²) < 4.78 is 79.9. The Bertz CT molecular complexity index is 1400. The van der Waals surface area contributed by atoms with E-state index in [9.17, 15) is 41.3 Å². The quantitative estimate of drug-likeness (QED) is 0.251. The molecule has 0 spiro atoms. The highest BCUT2D eigenvalue weighted by Crippen LogP contribution is 2.38. The van der Waals surface area contributed by atoms with Gasteiger partial charge in [-0.25, -0.2) is 9.50 Å². The second-order valence-corrected chi connectivity index (χ2v) is 6.94. The molecule has 13 heteroatoms. The first-order chi connectivity index (χ1) is 15.3. The summed E-state index contributed by atoms with van der Waals surface area (Å²) in [6, 6.07) is 8.34. The van der Waals surface area contributed by atoms with Gasteiger partial charge >= 0.3 is 12.4 Å². The van der Waals surface area contributed by atoms with Gasteiger partial charge in [-0.3, -0.25) is 20.0 Å². The fourth-order valence-electron chi connectivity index (χ4n) is 3.15. The third kappa shape index (κ3) is 4.29. The van der Waals surface area contributed by atoms with Gasteiger partial charge in [0.25, 0.3) is 11.2 Å². The fraction of sp³-hybridized carbons (Fsp3) is 0.100. The Kier molecular flexibility index (Phi) is 4.99. The Morgan fingerprint density at radius 1 is 0.848 bits per heavy atom. The van der Waals surface area contributed by atoms with Crippen LogP contribution in [0.1, 0.15) is 11.1 Å². The number of nitrogens with one attached hydrogen (secondary N) is 1. The van der Waals surface area contributed by atoms with E-state index < -0.39 is 39.5 Å². The molecule has 0 atom stereocenters. The summed E-state index contributed by atoms with van der Waals surface area (Å²) in [5.41, 5.74) is -4.27. The van der Waals surface area contributed by atoms with E-state index in [0.29, 0.717) is 23.4 Å². The molecule has 2 aromatic heterocycles. The van der Waals surface area contributed by atoms with Crippen molar-refractivity contribution in [2.75, 3.05) is 0 Å². The highest BCUT2D eigenvalue weighted by atomic mass is 19.4. The molecule has 7 nitrogen and oxygen atoms in total. The smallest absolute Gasteiger partial charge is 0.289 e. The summed E-state index contributed by atoms with van der Waals surface area (Å²) in [5, 5.41) is 13.5. The molecule has 170 valence electrons. The SMILES string of the molecule is O=c1cc(-c2cc(C(F)(F)F)cc(C(F)(F)F)c2)nc2cc(-c3ccc([N+](=O)[O-])cc3)[nH]n12. The number of halogens is 6. The number of non-ortho nitro benzene ring substituents is 1. The molecule has 0 unspecified atom stereocenters. The lowest BCUT2D eigenvalue weighted by Crippen LogP contribution is -2.15. The standard InChI is InChI=1S/C20H10F6N4O3/c21-19(22,23)12-5-11(6-13(7-12)20(24,25)26)15-9-18(31)29-17(27-15)8-16(28-29)10-1-3-14(4-2-10)30(32)33/h1-9,28H. The Morgan fingerprint density at radius 2 is 1.42 bits per heavy atom. The van der Waals surface area contributed by atoms with Crippen LogP contribution in [0.25, 0.3) is 28.2 Å². The number of H-pyrrole nitrogens is 1. The minimum absolute atomic E-state index is 0.0160. The van der Waals surface area contributed by atoms with E-state index in [0.717, 1.165) is 10.6 Å². The lowest BCUT2D eigenvalue weighted by atomic mass is 10.0. The van der Waals surface area contributed by atoms with Gasteiger partial charge in [-0.15, -0.1) is 0 Å². The molecule has 33 heavy (non-hydrogen) atoms. The van der Waals surface area contributed by atoms with Crippen LogP contribution in [0, 0.1) is 10.1 Å². The van der Waals surface area contributed by atoms with E-state index in [4.69, 9.17) is 0 Å². The normalized spacial score (nSPS) is 12.3. The van der Waals surface area contributed by atoms with Crippen LogP contribution in [-0.4, -0.2) is 19.5 Å². The van der Waals surface area contributed by atoms with Crippen LogP contribution in [0.3, 0.4) is 0 Å². The monoisotopic (exact) mass is 468 g/mol. The van der Waals surface area contributed by atoms with Crippen LogP contribution < -0.4 is 5.56 Å². The van der Waals surface area contributed by atoms with Gasteiger partial charge in [-0.1, -0.05) is 0 Å². The summed E-state index contributed by atoms with van der Waals surface area (Å²) >= 11 is 0. The summed E-state index contributed by atoms with van der Waals surface area (Å²) in [7, 11) is 0. The summed E-state index contributed by atoms with van der Waals surface area (Å²) in [6.45, 7) is 0. The number of hydrogen-bond donors (Lipinski definition) is 1. The minimum Gasteiger partial charge on any atom is -0.289 e. The van der Waals surface area contributed by atoms with Crippen LogP contribution in [-0.2, 0) is 12.4 Å². The number of hydrogen-bond acceptors (Lipinski definition) is 4. The van der Waals surface area contributed by atoms with E-state index in [2.05, 4.69) is 10.1 Å². The number of fused-ring (bicyclic) bond motifs is 1. The number of alkyl halides is 6. The highest BCUT2D eigenvalue weighted by molar-refractivity contribution is 5.68. The zero-order valence-corrected chi connectivity index (χ0v) is 16.0. The van der Waals surface area contributed by atoms with Crippen LogP contribution in [0.4, 0.5) is 32.0 Å². The van der Waals surface area contributed by atoms with E-state index in [1.54, 1.807) is 0 Å². The molecule has 0 bridgehead atoms. The van der Waals surface area contributed by atoms with Crippen LogP contribution in [0.5, 0.6) is 0 Å². The van der Waals surface area contributed by atoms with Gasteiger partial charge < -0.3 is 0 Å². The molecule has 0 amide bonds. The molecule has 0 aliphatic carbocycles. The maximum Gasteiger partial charge on any atom is 0.416 e. The molecule has 0 radical (unpaired) electrons. The van der Waals surface area contributed by atoms with Gasteiger partial charge in [0, 0.05) is 35.4 Å². The number of rotatable bonds is 3. The van der Waals surface area contributed by atoms with Crippen LogP contribution >= 0.6 is 0 Å². The molecule has 0 saturated heterocycles. The predicted octanol–water partition coefficient (Wildman–Crippen LogP) is 5.30. The Labute approximate surface area is 179 Å². The number of benzene rings is 2. The van der Waals surface area contributed by atoms with Crippen molar-refractivity contribution in [3.8, 4) is 22.5 Å².